The molecule has 1 aromatic heterocycles. The Morgan fingerprint density at radius 2 is 2.11 bits per heavy atom. The monoisotopic (exact) mass is 264 g/mol. The number of aryl methyl sites for hydroxylation is 2. The smallest absolute Gasteiger partial charge is 0.317 e. The lowest BCUT2D eigenvalue weighted by molar-refractivity contribution is 0.206. The Labute approximate surface area is 115 Å². The number of aromatic nitrogens is 2. The number of carbonyl (C=O) groups excluding carboxylic acids is 1. The largest absolute Gasteiger partial charge is 0.338 e. The molecule has 1 aliphatic heterocycles. The van der Waals surface area contributed by atoms with Crippen molar-refractivity contribution < 1.29 is 4.79 Å². The van der Waals surface area contributed by atoms with E-state index in [1.165, 1.54) is 5.69 Å². The number of nitrogens with one attached hydrogen (secondary N) is 1. The van der Waals surface area contributed by atoms with E-state index in [0.29, 0.717) is 12.5 Å². The van der Waals surface area contributed by atoms with Gasteiger partial charge >= 0.3 is 6.03 Å². The van der Waals surface area contributed by atoms with Gasteiger partial charge in [-0.25, -0.2) is 4.79 Å². The minimum atomic E-state index is 0.0812. The number of nitrogens with zero attached hydrogens (tertiary/aromatic N) is 3. The Kier molecular flexibility index (Phi) is 4.45. The minimum absolute atomic E-state index is 0.0812. The van der Waals surface area contributed by atoms with Gasteiger partial charge in [0, 0.05) is 31.9 Å². The highest BCUT2D eigenvalue weighted by Crippen LogP contribution is 2.08. The van der Waals surface area contributed by atoms with Crippen molar-refractivity contribution in [2.75, 3.05) is 19.6 Å². The number of rotatable bonds is 4. The molecule has 2 amide bonds. The Morgan fingerprint density at radius 1 is 1.42 bits per heavy atom. The van der Waals surface area contributed by atoms with Gasteiger partial charge in [0.1, 0.15) is 0 Å². The van der Waals surface area contributed by atoms with Gasteiger partial charge in [-0.2, -0.15) is 5.10 Å². The first kappa shape index (κ1) is 13.9. The van der Waals surface area contributed by atoms with Crippen LogP contribution in [0.1, 0.15) is 31.2 Å². The predicted octanol–water partition coefficient (Wildman–Crippen LogP) is 1.94. The number of amides is 2. The molecule has 106 valence electrons. The van der Waals surface area contributed by atoms with Crippen molar-refractivity contribution in [1.82, 2.24) is 20.0 Å². The number of likely N-dealkylation sites (tertiary alicyclic amines) is 1. The summed E-state index contributed by atoms with van der Waals surface area (Å²) in [6.45, 7) is 9.56. The average Bonchev–Trinajstić information content (AvgIpc) is 2.97. The predicted molar refractivity (Wildman–Crippen MR) is 75.1 cm³/mol. The van der Waals surface area contributed by atoms with Gasteiger partial charge < -0.3 is 10.2 Å². The molecule has 1 aromatic rings. The first-order valence-corrected chi connectivity index (χ1v) is 7.10. The van der Waals surface area contributed by atoms with Gasteiger partial charge in [0.25, 0.3) is 0 Å². The molecular weight excluding hydrogens is 240 g/mol. The van der Waals surface area contributed by atoms with Gasteiger partial charge in [-0.05, 0) is 38.7 Å². The molecule has 5 nitrogen and oxygen atoms in total. The summed E-state index contributed by atoms with van der Waals surface area (Å²) in [5.74, 6) is 0.379. The molecule has 1 saturated heterocycles. The molecule has 1 N–H and O–H groups in total. The van der Waals surface area contributed by atoms with Gasteiger partial charge in [0.05, 0.1) is 5.69 Å². The van der Waals surface area contributed by atoms with Gasteiger partial charge in [-0.3, -0.25) is 4.68 Å². The third-order valence-corrected chi connectivity index (χ3v) is 3.58. The molecule has 2 rings (SSSR count). The molecule has 0 radical (unpaired) electrons. The van der Waals surface area contributed by atoms with Crippen molar-refractivity contribution in [1.29, 1.82) is 0 Å². The lowest BCUT2D eigenvalue weighted by atomic mass is 10.2. The van der Waals surface area contributed by atoms with E-state index in [9.17, 15) is 4.79 Å². The van der Waals surface area contributed by atoms with Crippen molar-refractivity contribution in [2.24, 2.45) is 5.92 Å². The molecule has 1 aliphatic rings. The fourth-order valence-electron chi connectivity index (χ4n) is 2.51. The Hall–Kier alpha value is -1.52. The van der Waals surface area contributed by atoms with Gasteiger partial charge in [-0.15, -0.1) is 0 Å². The summed E-state index contributed by atoms with van der Waals surface area (Å²) in [4.78, 5) is 13.8. The molecule has 1 atom stereocenters. The molecule has 2 heterocycles. The standard InChI is InChI=1S/C14H24N4O/c1-11(10-18-13(3)8-12(2)16-18)9-15-14(19)17-6-4-5-7-17/h8,11H,4-7,9-10H2,1-3H3,(H,15,19). The maximum absolute atomic E-state index is 11.9. The van der Waals surface area contributed by atoms with Crippen LogP contribution in [0.3, 0.4) is 0 Å². The quantitative estimate of drug-likeness (QED) is 0.903. The third kappa shape index (κ3) is 3.72. The minimum Gasteiger partial charge on any atom is -0.338 e. The highest BCUT2D eigenvalue weighted by atomic mass is 16.2. The number of carbonyl (C=O) groups is 1. The highest BCUT2D eigenvalue weighted by Gasteiger charge is 2.18. The first-order chi connectivity index (χ1) is 9.06. The van der Waals surface area contributed by atoms with E-state index in [-0.39, 0.29) is 6.03 Å². The second-order valence-corrected chi connectivity index (χ2v) is 5.59. The van der Waals surface area contributed by atoms with Gasteiger partial charge in [-0.1, -0.05) is 6.92 Å². The summed E-state index contributed by atoms with van der Waals surface area (Å²) in [7, 11) is 0. The summed E-state index contributed by atoms with van der Waals surface area (Å²) in [6.07, 6.45) is 2.27. The van der Waals surface area contributed by atoms with E-state index in [1.807, 2.05) is 16.5 Å². The van der Waals surface area contributed by atoms with Gasteiger partial charge in [0.2, 0.25) is 0 Å². The lowest BCUT2D eigenvalue weighted by Crippen LogP contribution is -2.40. The number of hydrogen-bond acceptors (Lipinski definition) is 2. The summed E-state index contributed by atoms with van der Waals surface area (Å²) in [6, 6.07) is 2.16. The molecule has 1 fully saturated rings. The maximum Gasteiger partial charge on any atom is 0.317 e. The van der Waals surface area contributed by atoms with E-state index in [0.717, 1.165) is 38.2 Å². The fraction of sp³-hybridized carbons (Fsp3) is 0.714. The molecule has 0 bridgehead atoms. The zero-order valence-corrected chi connectivity index (χ0v) is 12.1. The van der Waals surface area contributed by atoms with Crippen LogP contribution in [-0.4, -0.2) is 40.3 Å². The van der Waals surface area contributed by atoms with Crippen molar-refractivity contribution in [3.8, 4) is 0 Å². The summed E-state index contributed by atoms with van der Waals surface area (Å²) in [5, 5.41) is 7.47. The SMILES string of the molecule is Cc1cc(C)n(CC(C)CNC(=O)N2CCCC2)n1. The molecule has 0 aromatic carbocycles. The van der Waals surface area contributed by atoms with Crippen LogP contribution in [0.15, 0.2) is 6.07 Å². The van der Waals surface area contributed by atoms with Gasteiger partial charge in [0.15, 0.2) is 0 Å². The summed E-state index contributed by atoms with van der Waals surface area (Å²) >= 11 is 0. The molecule has 0 aliphatic carbocycles. The van der Waals surface area contributed by atoms with Crippen LogP contribution in [0, 0.1) is 19.8 Å². The molecule has 0 spiro atoms. The van der Waals surface area contributed by atoms with Crippen LogP contribution in [0.5, 0.6) is 0 Å². The Bertz CT molecular complexity index is 435. The first-order valence-electron chi connectivity index (χ1n) is 7.10. The van der Waals surface area contributed by atoms with E-state index in [2.05, 4.69) is 30.3 Å². The maximum atomic E-state index is 11.9. The van der Waals surface area contributed by atoms with Crippen LogP contribution in [0.4, 0.5) is 4.79 Å². The van der Waals surface area contributed by atoms with Crippen LogP contribution >= 0.6 is 0 Å². The zero-order valence-electron chi connectivity index (χ0n) is 12.1. The molecule has 19 heavy (non-hydrogen) atoms. The van der Waals surface area contributed by atoms with Crippen molar-refractivity contribution in [3.05, 3.63) is 17.5 Å². The van der Waals surface area contributed by atoms with Crippen LogP contribution in [-0.2, 0) is 6.54 Å². The normalized spacial score (nSPS) is 16.7. The number of hydrogen-bond donors (Lipinski definition) is 1. The summed E-state index contributed by atoms with van der Waals surface area (Å²) < 4.78 is 2.02. The second kappa shape index (κ2) is 6.08. The summed E-state index contributed by atoms with van der Waals surface area (Å²) in [5.41, 5.74) is 2.22. The highest BCUT2D eigenvalue weighted by molar-refractivity contribution is 5.74. The van der Waals surface area contributed by atoms with Crippen molar-refractivity contribution >= 4 is 6.03 Å². The molecule has 5 heteroatoms. The Morgan fingerprint density at radius 3 is 2.68 bits per heavy atom. The molecule has 0 saturated carbocycles. The van der Waals surface area contributed by atoms with Crippen molar-refractivity contribution in [3.63, 3.8) is 0 Å². The van der Waals surface area contributed by atoms with Crippen LogP contribution in [0.2, 0.25) is 0 Å². The fourth-order valence-corrected chi connectivity index (χ4v) is 2.51. The topological polar surface area (TPSA) is 50.2 Å². The lowest BCUT2D eigenvalue weighted by Gasteiger charge is -2.19. The molecular formula is C14H24N4O. The van der Waals surface area contributed by atoms with E-state index < -0.39 is 0 Å². The second-order valence-electron chi connectivity index (χ2n) is 5.59. The van der Waals surface area contributed by atoms with Crippen LogP contribution < -0.4 is 5.32 Å². The van der Waals surface area contributed by atoms with E-state index in [4.69, 9.17) is 0 Å². The van der Waals surface area contributed by atoms with Crippen LogP contribution in [0.25, 0.3) is 0 Å². The van der Waals surface area contributed by atoms with E-state index >= 15 is 0 Å². The Balaban J connectivity index is 1.76. The number of urea groups is 1. The van der Waals surface area contributed by atoms with Crippen molar-refractivity contribution in [2.45, 2.75) is 40.2 Å². The average molecular weight is 264 g/mol. The zero-order chi connectivity index (χ0) is 13.8. The third-order valence-electron chi connectivity index (χ3n) is 3.58. The molecule has 1 unspecified atom stereocenters. The van der Waals surface area contributed by atoms with E-state index in [1.54, 1.807) is 0 Å².